The summed E-state index contributed by atoms with van der Waals surface area (Å²) in [4.78, 5) is 10.9. The van der Waals surface area contributed by atoms with E-state index in [1.54, 1.807) is 0 Å². The molecule has 0 saturated carbocycles. The van der Waals surface area contributed by atoms with E-state index in [0.29, 0.717) is 18.9 Å². The third-order valence-corrected chi connectivity index (χ3v) is 2.31. The lowest BCUT2D eigenvalue weighted by Gasteiger charge is -2.13. The summed E-state index contributed by atoms with van der Waals surface area (Å²) in [6, 6.07) is 0. The molecule has 13 heavy (non-hydrogen) atoms. The lowest BCUT2D eigenvalue weighted by Crippen LogP contribution is -2.12. The van der Waals surface area contributed by atoms with Crippen LogP contribution in [0, 0.1) is 5.92 Å². The van der Waals surface area contributed by atoms with Gasteiger partial charge in [-0.05, 0) is 12.3 Å². The average molecular weight is 186 g/mol. The van der Waals surface area contributed by atoms with Crippen LogP contribution in [0.4, 0.5) is 0 Å². The van der Waals surface area contributed by atoms with E-state index in [-0.39, 0.29) is 5.97 Å². The van der Waals surface area contributed by atoms with Crippen molar-refractivity contribution in [1.82, 2.24) is 0 Å². The highest BCUT2D eigenvalue weighted by atomic mass is 16.5. The van der Waals surface area contributed by atoms with Crippen LogP contribution >= 0.6 is 0 Å². The summed E-state index contributed by atoms with van der Waals surface area (Å²) in [5.74, 6) is 0.491. The maximum Gasteiger partial charge on any atom is 0.305 e. The molecule has 0 saturated heterocycles. The van der Waals surface area contributed by atoms with Gasteiger partial charge in [0.2, 0.25) is 0 Å². The summed E-state index contributed by atoms with van der Waals surface area (Å²) < 4.78 is 5.10. The topological polar surface area (TPSA) is 26.3 Å². The van der Waals surface area contributed by atoms with Gasteiger partial charge in [0.05, 0.1) is 6.61 Å². The van der Waals surface area contributed by atoms with E-state index < -0.39 is 0 Å². The third-order valence-electron chi connectivity index (χ3n) is 2.31. The molecule has 1 atom stereocenters. The SMILES string of the molecule is CCCC[C@@H](CC)COC(=O)CC. The summed E-state index contributed by atoms with van der Waals surface area (Å²) in [5, 5.41) is 0. The molecule has 0 amide bonds. The molecule has 0 aliphatic heterocycles. The van der Waals surface area contributed by atoms with Crippen molar-refractivity contribution in [2.75, 3.05) is 6.61 Å². The summed E-state index contributed by atoms with van der Waals surface area (Å²) in [6.07, 6.45) is 5.24. The Morgan fingerprint density at radius 3 is 2.46 bits per heavy atom. The minimum atomic E-state index is -0.0741. The molecular formula is C11H22O2. The highest BCUT2D eigenvalue weighted by molar-refractivity contribution is 5.68. The largest absolute Gasteiger partial charge is 0.465 e. The van der Waals surface area contributed by atoms with Gasteiger partial charge in [0.25, 0.3) is 0 Å². The zero-order valence-corrected chi connectivity index (χ0v) is 9.14. The smallest absolute Gasteiger partial charge is 0.305 e. The lowest BCUT2D eigenvalue weighted by molar-refractivity contribution is -0.144. The number of carbonyl (C=O) groups is 1. The molecule has 0 aromatic rings. The number of esters is 1. The molecule has 0 radical (unpaired) electrons. The first kappa shape index (κ1) is 12.5. The van der Waals surface area contributed by atoms with E-state index in [1.807, 2.05) is 6.92 Å². The molecule has 0 unspecified atom stereocenters. The van der Waals surface area contributed by atoms with E-state index in [0.717, 1.165) is 6.42 Å². The number of hydrogen-bond acceptors (Lipinski definition) is 2. The first-order valence-corrected chi connectivity index (χ1v) is 5.40. The van der Waals surface area contributed by atoms with Crippen molar-refractivity contribution in [3.63, 3.8) is 0 Å². The van der Waals surface area contributed by atoms with Gasteiger partial charge >= 0.3 is 5.97 Å². The van der Waals surface area contributed by atoms with Crippen molar-refractivity contribution >= 4 is 5.97 Å². The van der Waals surface area contributed by atoms with Crippen LogP contribution in [0.1, 0.15) is 52.9 Å². The Morgan fingerprint density at radius 2 is 2.00 bits per heavy atom. The molecule has 0 N–H and O–H groups in total. The van der Waals surface area contributed by atoms with E-state index in [2.05, 4.69) is 13.8 Å². The van der Waals surface area contributed by atoms with Gasteiger partial charge in [0.15, 0.2) is 0 Å². The average Bonchev–Trinajstić information content (AvgIpc) is 2.17. The Morgan fingerprint density at radius 1 is 1.31 bits per heavy atom. The van der Waals surface area contributed by atoms with Crippen LogP contribution in [-0.2, 0) is 9.53 Å². The van der Waals surface area contributed by atoms with Crippen LogP contribution in [0.5, 0.6) is 0 Å². The van der Waals surface area contributed by atoms with Crippen molar-refractivity contribution in [3.05, 3.63) is 0 Å². The third kappa shape index (κ3) is 6.62. The maximum absolute atomic E-state index is 10.9. The Balaban J connectivity index is 3.52. The second kappa shape index (κ2) is 8.09. The Kier molecular flexibility index (Phi) is 7.76. The zero-order valence-electron chi connectivity index (χ0n) is 9.14. The lowest BCUT2D eigenvalue weighted by atomic mass is 10.0. The Bertz CT molecular complexity index is 132. The monoisotopic (exact) mass is 186 g/mol. The molecule has 0 spiro atoms. The number of hydrogen-bond donors (Lipinski definition) is 0. The van der Waals surface area contributed by atoms with Crippen molar-refractivity contribution in [1.29, 1.82) is 0 Å². The number of unbranched alkanes of at least 4 members (excludes halogenated alkanes) is 1. The van der Waals surface area contributed by atoms with Crippen LogP contribution in [0.2, 0.25) is 0 Å². The van der Waals surface area contributed by atoms with Gasteiger partial charge < -0.3 is 4.74 Å². The van der Waals surface area contributed by atoms with E-state index in [4.69, 9.17) is 4.74 Å². The molecule has 0 bridgehead atoms. The predicted molar refractivity (Wildman–Crippen MR) is 54.6 cm³/mol. The fourth-order valence-corrected chi connectivity index (χ4v) is 1.21. The minimum Gasteiger partial charge on any atom is -0.465 e. The van der Waals surface area contributed by atoms with Crippen LogP contribution in [0.3, 0.4) is 0 Å². The summed E-state index contributed by atoms with van der Waals surface area (Å²) in [7, 11) is 0. The predicted octanol–water partition coefficient (Wildman–Crippen LogP) is 3.16. The number of carbonyl (C=O) groups excluding carboxylic acids is 1. The molecule has 2 heteroatoms. The second-order valence-electron chi connectivity index (χ2n) is 3.45. The van der Waals surface area contributed by atoms with Crippen molar-refractivity contribution in [2.24, 2.45) is 5.92 Å². The van der Waals surface area contributed by atoms with Crippen LogP contribution in [0.15, 0.2) is 0 Å². The fourth-order valence-electron chi connectivity index (χ4n) is 1.21. The molecule has 78 valence electrons. The van der Waals surface area contributed by atoms with Crippen LogP contribution < -0.4 is 0 Å². The summed E-state index contributed by atoms with van der Waals surface area (Å²) in [6.45, 7) is 6.78. The highest BCUT2D eigenvalue weighted by Gasteiger charge is 2.08. The maximum atomic E-state index is 10.9. The van der Waals surface area contributed by atoms with Crippen molar-refractivity contribution in [2.45, 2.75) is 52.9 Å². The molecule has 2 nitrogen and oxygen atoms in total. The molecule has 0 aliphatic carbocycles. The molecule has 0 heterocycles. The normalized spacial score (nSPS) is 12.5. The first-order valence-electron chi connectivity index (χ1n) is 5.40. The summed E-state index contributed by atoms with van der Waals surface area (Å²) >= 11 is 0. The number of ether oxygens (including phenoxy) is 1. The molecule has 0 aromatic carbocycles. The van der Waals surface area contributed by atoms with Gasteiger partial charge in [-0.15, -0.1) is 0 Å². The van der Waals surface area contributed by atoms with Gasteiger partial charge in [-0.3, -0.25) is 4.79 Å². The molecule has 0 aliphatic rings. The summed E-state index contributed by atoms with van der Waals surface area (Å²) in [5.41, 5.74) is 0. The van der Waals surface area contributed by atoms with Gasteiger partial charge in [0, 0.05) is 6.42 Å². The first-order chi connectivity index (χ1) is 6.24. The van der Waals surface area contributed by atoms with E-state index in [1.165, 1.54) is 19.3 Å². The highest BCUT2D eigenvalue weighted by Crippen LogP contribution is 2.12. The van der Waals surface area contributed by atoms with Crippen LogP contribution in [-0.4, -0.2) is 12.6 Å². The molecule has 0 rings (SSSR count). The van der Waals surface area contributed by atoms with Gasteiger partial charge in [-0.1, -0.05) is 40.0 Å². The standard InChI is InChI=1S/C11H22O2/c1-4-7-8-10(5-2)9-13-11(12)6-3/h10H,4-9H2,1-3H3/t10-/m1/s1. The Labute approximate surface area is 81.7 Å². The zero-order chi connectivity index (χ0) is 10.1. The Hall–Kier alpha value is -0.530. The quantitative estimate of drug-likeness (QED) is 0.571. The van der Waals surface area contributed by atoms with Gasteiger partial charge in [-0.25, -0.2) is 0 Å². The fraction of sp³-hybridized carbons (Fsp3) is 0.909. The number of rotatable bonds is 7. The van der Waals surface area contributed by atoms with Crippen molar-refractivity contribution in [3.8, 4) is 0 Å². The minimum absolute atomic E-state index is 0.0741. The van der Waals surface area contributed by atoms with Crippen molar-refractivity contribution < 1.29 is 9.53 Å². The molecule has 0 fully saturated rings. The van der Waals surface area contributed by atoms with E-state index in [9.17, 15) is 4.79 Å². The molecule has 0 aromatic heterocycles. The molecular weight excluding hydrogens is 164 g/mol. The van der Waals surface area contributed by atoms with Crippen LogP contribution in [0.25, 0.3) is 0 Å². The van der Waals surface area contributed by atoms with E-state index >= 15 is 0 Å². The van der Waals surface area contributed by atoms with Gasteiger partial charge in [-0.2, -0.15) is 0 Å². The van der Waals surface area contributed by atoms with Gasteiger partial charge in [0.1, 0.15) is 0 Å². The second-order valence-corrected chi connectivity index (χ2v) is 3.45.